The van der Waals surface area contributed by atoms with Gasteiger partial charge in [0.1, 0.15) is 23.2 Å². The van der Waals surface area contributed by atoms with Gasteiger partial charge in [0, 0.05) is 16.6 Å². The molecule has 138 valence electrons. The molecule has 1 aromatic heterocycles. The van der Waals surface area contributed by atoms with E-state index in [-0.39, 0.29) is 22.8 Å². The highest BCUT2D eigenvalue weighted by atomic mass is 79.9. The van der Waals surface area contributed by atoms with Crippen LogP contribution >= 0.6 is 15.9 Å². The Morgan fingerprint density at radius 2 is 1.86 bits per heavy atom. The summed E-state index contributed by atoms with van der Waals surface area (Å²) in [4.78, 5) is 23.0. The molecule has 0 bridgehead atoms. The van der Waals surface area contributed by atoms with E-state index in [0.29, 0.717) is 15.7 Å². The third-order valence-corrected chi connectivity index (χ3v) is 4.46. The number of nitrogens with one attached hydrogen (secondary N) is 1. The smallest absolute Gasteiger partial charge is 0.280 e. The summed E-state index contributed by atoms with van der Waals surface area (Å²) in [6.45, 7) is 0. The summed E-state index contributed by atoms with van der Waals surface area (Å²) in [6, 6.07) is 18.1. The molecule has 1 amide bonds. The number of benzene rings is 2. The topological polar surface area (TPSA) is 109 Å². The third-order valence-electron chi connectivity index (χ3n) is 3.77. The molecule has 2 aromatic carbocycles. The monoisotopic (exact) mass is 437 g/mol. The van der Waals surface area contributed by atoms with E-state index in [9.17, 15) is 20.2 Å². The van der Waals surface area contributed by atoms with Crippen LogP contribution in [0.5, 0.6) is 0 Å². The Bertz CT molecular complexity index is 1130. The minimum atomic E-state index is -0.599. The molecule has 28 heavy (non-hydrogen) atoms. The summed E-state index contributed by atoms with van der Waals surface area (Å²) >= 11 is 3.32. The summed E-state index contributed by atoms with van der Waals surface area (Å²) in [7, 11) is 0. The maximum absolute atomic E-state index is 12.4. The first-order valence-electron chi connectivity index (χ1n) is 8.01. The number of halogens is 1. The Balaban J connectivity index is 1.87. The zero-order valence-corrected chi connectivity index (χ0v) is 15.8. The number of nitrogens with zero attached hydrogens (tertiary/aromatic N) is 2. The molecule has 0 spiro atoms. The maximum Gasteiger partial charge on any atom is 0.280 e. The molecule has 0 saturated carbocycles. The van der Waals surface area contributed by atoms with Crippen molar-refractivity contribution in [2.75, 3.05) is 5.32 Å². The van der Waals surface area contributed by atoms with Crippen molar-refractivity contribution in [2.45, 2.75) is 0 Å². The number of nitro groups is 1. The van der Waals surface area contributed by atoms with E-state index in [2.05, 4.69) is 21.2 Å². The number of amides is 1. The molecule has 0 unspecified atom stereocenters. The Morgan fingerprint density at radius 3 is 2.57 bits per heavy atom. The molecule has 3 aromatic rings. The molecule has 0 aliphatic carbocycles. The lowest BCUT2D eigenvalue weighted by Crippen LogP contribution is -2.13. The van der Waals surface area contributed by atoms with E-state index in [0.717, 1.165) is 0 Å². The number of nitro benzene ring substituents is 1. The van der Waals surface area contributed by atoms with Crippen molar-refractivity contribution in [2.24, 2.45) is 0 Å². The average Bonchev–Trinajstić information content (AvgIpc) is 3.16. The lowest BCUT2D eigenvalue weighted by molar-refractivity contribution is -0.384. The number of hydrogen-bond donors (Lipinski definition) is 1. The molecule has 0 saturated heterocycles. The maximum atomic E-state index is 12.4. The Kier molecular flexibility index (Phi) is 5.67. The summed E-state index contributed by atoms with van der Waals surface area (Å²) < 4.78 is 6.27. The standard InChI is InChI=1S/C20H12BrN3O4/c21-16-6-2-3-7-17(16)23-20(25)13(12-22)11-14-9-10-19(28-14)15-5-1-4-8-18(15)24(26)27/h1-11H,(H,23,25)/b13-11+. The van der Waals surface area contributed by atoms with Gasteiger partial charge in [0.2, 0.25) is 0 Å². The van der Waals surface area contributed by atoms with Gasteiger partial charge in [0.25, 0.3) is 11.6 Å². The van der Waals surface area contributed by atoms with Crippen LogP contribution in [0.1, 0.15) is 5.76 Å². The van der Waals surface area contributed by atoms with Crippen molar-refractivity contribution in [1.82, 2.24) is 0 Å². The number of furan rings is 1. The lowest BCUT2D eigenvalue weighted by atomic mass is 10.1. The number of hydrogen-bond acceptors (Lipinski definition) is 5. The van der Waals surface area contributed by atoms with Crippen LogP contribution in [0.25, 0.3) is 17.4 Å². The first-order valence-corrected chi connectivity index (χ1v) is 8.80. The van der Waals surface area contributed by atoms with Crippen LogP contribution in [-0.2, 0) is 4.79 Å². The summed E-state index contributed by atoms with van der Waals surface area (Å²) in [5.74, 6) is -0.105. The van der Waals surface area contributed by atoms with E-state index >= 15 is 0 Å². The van der Waals surface area contributed by atoms with Crippen LogP contribution in [0.4, 0.5) is 11.4 Å². The second kappa shape index (κ2) is 8.33. The van der Waals surface area contributed by atoms with Crippen LogP contribution in [-0.4, -0.2) is 10.8 Å². The van der Waals surface area contributed by atoms with Crippen molar-refractivity contribution in [1.29, 1.82) is 5.26 Å². The van der Waals surface area contributed by atoms with E-state index in [4.69, 9.17) is 4.42 Å². The van der Waals surface area contributed by atoms with Gasteiger partial charge < -0.3 is 9.73 Å². The highest BCUT2D eigenvalue weighted by Crippen LogP contribution is 2.31. The SMILES string of the molecule is N#C/C(=C\c1ccc(-c2ccccc2[N+](=O)[O-])o1)C(=O)Nc1ccccc1Br. The van der Waals surface area contributed by atoms with E-state index in [1.807, 2.05) is 6.07 Å². The van der Waals surface area contributed by atoms with E-state index in [1.54, 1.807) is 48.5 Å². The summed E-state index contributed by atoms with van der Waals surface area (Å²) in [5, 5.41) is 23.1. The number of carbonyl (C=O) groups excluding carboxylic acids is 1. The van der Waals surface area contributed by atoms with Gasteiger partial charge in [0.05, 0.1) is 16.2 Å². The zero-order valence-electron chi connectivity index (χ0n) is 14.3. The fourth-order valence-corrected chi connectivity index (χ4v) is 2.84. The van der Waals surface area contributed by atoms with Crippen molar-refractivity contribution in [3.05, 3.63) is 86.6 Å². The molecule has 3 rings (SSSR count). The minimum Gasteiger partial charge on any atom is -0.456 e. The Labute approximate surface area is 168 Å². The first-order chi connectivity index (χ1) is 13.5. The molecule has 0 aliphatic rings. The molecule has 1 N–H and O–H groups in total. The summed E-state index contributed by atoms with van der Waals surface area (Å²) in [5.41, 5.74) is 0.566. The largest absolute Gasteiger partial charge is 0.456 e. The van der Waals surface area contributed by atoms with Crippen molar-refractivity contribution < 1.29 is 14.1 Å². The molecular weight excluding hydrogens is 426 g/mol. The highest BCUT2D eigenvalue weighted by Gasteiger charge is 2.18. The fraction of sp³-hybridized carbons (Fsp3) is 0. The second-order valence-corrected chi connectivity index (χ2v) is 6.43. The van der Waals surface area contributed by atoms with Crippen molar-refractivity contribution >= 4 is 39.3 Å². The van der Waals surface area contributed by atoms with Crippen molar-refractivity contribution in [3.8, 4) is 17.4 Å². The summed E-state index contributed by atoms with van der Waals surface area (Å²) in [6.07, 6.45) is 1.28. The normalized spacial score (nSPS) is 10.9. The van der Waals surface area contributed by atoms with Crippen LogP contribution in [0.3, 0.4) is 0 Å². The van der Waals surface area contributed by atoms with Crippen LogP contribution in [0.2, 0.25) is 0 Å². The molecule has 8 heteroatoms. The number of rotatable bonds is 5. The minimum absolute atomic E-state index is 0.0976. The number of nitriles is 1. The molecular formula is C20H12BrN3O4. The molecule has 0 fully saturated rings. The number of anilines is 1. The van der Waals surface area contributed by atoms with Crippen molar-refractivity contribution in [3.63, 3.8) is 0 Å². The quantitative estimate of drug-likeness (QED) is 0.256. The predicted octanol–water partition coefficient (Wildman–Crippen LogP) is 5.16. The zero-order chi connectivity index (χ0) is 20.1. The van der Waals surface area contributed by atoms with Gasteiger partial charge >= 0.3 is 0 Å². The van der Waals surface area contributed by atoms with E-state index in [1.165, 1.54) is 18.2 Å². The van der Waals surface area contributed by atoms with Gasteiger partial charge in [-0.05, 0) is 46.3 Å². The molecule has 7 nitrogen and oxygen atoms in total. The molecule has 0 radical (unpaired) electrons. The number of para-hydroxylation sites is 2. The van der Waals surface area contributed by atoms with Gasteiger partial charge in [-0.15, -0.1) is 0 Å². The first kappa shape index (κ1) is 19.1. The average molecular weight is 438 g/mol. The Hall–Kier alpha value is -3.70. The van der Waals surface area contributed by atoms with Crippen LogP contribution in [0, 0.1) is 21.4 Å². The lowest BCUT2D eigenvalue weighted by Gasteiger charge is -2.05. The van der Waals surface area contributed by atoms with Gasteiger partial charge in [-0.1, -0.05) is 24.3 Å². The van der Waals surface area contributed by atoms with E-state index < -0.39 is 10.8 Å². The highest BCUT2D eigenvalue weighted by molar-refractivity contribution is 9.10. The van der Waals surface area contributed by atoms with Crippen LogP contribution in [0.15, 0.2) is 75.1 Å². The van der Waals surface area contributed by atoms with Gasteiger partial charge in [0.15, 0.2) is 0 Å². The molecule has 0 atom stereocenters. The predicted molar refractivity (Wildman–Crippen MR) is 107 cm³/mol. The molecule has 0 aliphatic heterocycles. The van der Waals surface area contributed by atoms with Gasteiger partial charge in [-0.2, -0.15) is 5.26 Å². The third kappa shape index (κ3) is 4.16. The fourth-order valence-electron chi connectivity index (χ4n) is 2.46. The second-order valence-electron chi connectivity index (χ2n) is 5.58. The van der Waals surface area contributed by atoms with Gasteiger partial charge in [-0.25, -0.2) is 0 Å². The van der Waals surface area contributed by atoms with Gasteiger partial charge in [-0.3, -0.25) is 14.9 Å². The van der Waals surface area contributed by atoms with Crippen LogP contribution < -0.4 is 5.32 Å². The number of carbonyl (C=O) groups is 1. The molecule has 1 heterocycles. The Morgan fingerprint density at radius 1 is 1.14 bits per heavy atom.